The molecular weight excluding hydrogens is 440 g/mol. The van der Waals surface area contributed by atoms with Crippen LogP contribution in [-0.2, 0) is 21.4 Å². The third kappa shape index (κ3) is 5.67. The zero-order valence-electron chi connectivity index (χ0n) is 13.9. The van der Waals surface area contributed by atoms with Crippen molar-refractivity contribution in [3.63, 3.8) is 0 Å². The molecule has 5 nitrogen and oxygen atoms in total. The van der Waals surface area contributed by atoms with Crippen LogP contribution in [0.25, 0.3) is 0 Å². The van der Waals surface area contributed by atoms with E-state index in [0.717, 1.165) is 14.3 Å². The fourth-order valence-electron chi connectivity index (χ4n) is 2.18. The number of carbonyl (C=O) groups is 1. The Labute approximate surface area is 166 Å². The first-order valence-electron chi connectivity index (χ1n) is 7.70. The van der Waals surface area contributed by atoms with Gasteiger partial charge in [0.2, 0.25) is 15.9 Å². The Kier molecular flexibility index (Phi) is 7.40. The first-order valence-corrected chi connectivity index (χ1v) is 10.3. The van der Waals surface area contributed by atoms with Gasteiger partial charge in [0, 0.05) is 22.6 Å². The Bertz CT molecular complexity index is 868. The summed E-state index contributed by atoms with van der Waals surface area (Å²) in [6.45, 7) is 3.55. The molecule has 0 saturated carbocycles. The number of hydrogen-bond acceptors (Lipinski definition) is 3. The minimum absolute atomic E-state index is 0.0527. The number of carbonyl (C=O) groups excluding carboxylic acids is 1. The normalized spacial score (nSPS) is 11.3. The van der Waals surface area contributed by atoms with Gasteiger partial charge in [-0.3, -0.25) is 4.79 Å². The highest BCUT2D eigenvalue weighted by atomic mass is 79.9. The van der Waals surface area contributed by atoms with Crippen LogP contribution in [0.5, 0.6) is 0 Å². The molecule has 2 rings (SSSR count). The number of hydrogen-bond donors (Lipinski definition) is 1. The Hall–Kier alpha value is -1.67. The maximum Gasteiger partial charge on any atom is 0.243 e. The van der Waals surface area contributed by atoms with Crippen molar-refractivity contribution in [3.05, 3.63) is 76.2 Å². The van der Waals surface area contributed by atoms with Crippen LogP contribution in [0.4, 0.5) is 0 Å². The number of nitrogens with one attached hydrogen (secondary N) is 1. The standard InChI is InChI=1S/C18H18BrClN2O3S/c1-2-11-21-18(23)13-22(12-14-3-7-16(20)8-4-14)26(24,25)17-9-5-15(19)6-10-17/h2-10H,1,11-13H2,(H,21,23). The summed E-state index contributed by atoms with van der Waals surface area (Å²) >= 11 is 9.16. The maximum absolute atomic E-state index is 13.0. The average Bonchev–Trinajstić information content (AvgIpc) is 2.61. The molecule has 0 aliphatic carbocycles. The molecular formula is C18H18BrClN2O3S. The van der Waals surface area contributed by atoms with Gasteiger partial charge >= 0.3 is 0 Å². The van der Waals surface area contributed by atoms with Crippen LogP contribution in [-0.4, -0.2) is 31.7 Å². The molecule has 2 aromatic rings. The summed E-state index contributed by atoms with van der Waals surface area (Å²) in [5.74, 6) is -0.403. The van der Waals surface area contributed by atoms with Crippen LogP contribution in [0.2, 0.25) is 5.02 Å². The first kappa shape index (κ1) is 20.6. The van der Waals surface area contributed by atoms with Gasteiger partial charge in [0.15, 0.2) is 0 Å². The lowest BCUT2D eigenvalue weighted by molar-refractivity contribution is -0.121. The van der Waals surface area contributed by atoms with E-state index in [4.69, 9.17) is 11.6 Å². The molecule has 0 atom stereocenters. The monoisotopic (exact) mass is 456 g/mol. The predicted molar refractivity (Wildman–Crippen MR) is 106 cm³/mol. The van der Waals surface area contributed by atoms with Crippen molar-refractivity contribution in [1.82, 2.24) is 9.62 Å². The van der Waals surface area contributed by atoms with Crippen LogP contribution >= 0.6 is 27.5 Å². The zero-order chi connectivity index (χ0) is 19.2. The second-order valence-corrected chi connectivity index (χ2v) is 8.74. The molecule has 0 bridgehead atoms. The molecule has 26 heavy (non-hydrogen) atoms. The Morgan fingerprint density at radius 3 is 2.35 bits per heavy atom. The molecule has 0 aliphatic rings. The molecule has 0 fully saturated rings. The lowest BCUT2D eigenvalue weighted by atomic mass is 10.2. The highest BCUT2D eigenvalue weighted by molar-refractivity contribution is 9.10. The molecule has 0 unspecified atom stereocenters. The van der Waals surface area contributed by atoms with E-state index in [-0.39, 0.29) is 24.5 Å². The summed E-state index contributed by atoms with van der Waals surface area (Å²) in [6.07, 6.45) is 1.53. The molecule has 0 radical (unpaired) electrons. The molecule has 1 N–H and O–H groups in total. The van der Waals surface area contributed by atoms with E-state index in [1.165, 1.54) is 18.2 Å². The molecule has 1 amide bonds. The van der Waals surface area contributed by atoms with Crippen molar-refractivity contribution in [2.75, 3.05) is 13.1 Å². The number of nitrogens with zero attached hydrogens (tertiary/aromatic N) is 1. The van der Waals surface area contributed by atoms with E-state index < -0.39 is 15.9 Å². The van der Waals surface area contributed by atoms with Crippen molar-refractivity contribution < 1.29 is 13.2 Å². The topological polar surface area (TPSA) is 66.5 Å². The fraction of sp³-hybridized carbons (Fsp3) is 0.167. The van der Waals surface area contributed by atoms with Gasteiger partial charge in [-0.15, -0.1) is 6.58 Å². The first-order chi connectivity index (χ1) is 12.3. The number of halogens is 2. The van der Waals surface area contributed by atoms with E-state index in [1.807, 2.05) is 0 Å². The number of sulfonamides is 1. The Morgan fingerprint density at radius 1 is 1.15 bits per heavy atom. The third-order valence-electron chi connectivity index (χ3n) is 3.49. The van der Waals surface area contributed by atoms with Gasteiger partial charge in [-0.2, -0.15) is 4.31 Å². The van der Waals surface area contributed by atoms with E-state index in [0.29, 0.717) is 5.02 Å². The van der Waals surface area contributed by atoms with Crippen LogP contribution < -0.4 is 5.32 Å². The van der Waals surface area contributed by atoms with Gasteiger partial charge < -0.3 is 5.32 Å². The summed E-state index contributed by atoms with van der Waals surface area (Å²) in [5, 5.41) is 3.15. The zero-order valence-corrected chi connectivity index (χ0v) is 17.0. The molecule has 138 valence electrons. The summed E-state index contributed by atoms with van der Waals surface area (Å²) in [6, 6.07) is 13.1. The molecule has 0 saturated heterocycles. The van der Waals surface area contributed by atoms with Crippen molar-refractivity contribution in [2.24, 2.45) is 0 Å². The largest absolute Gasteiger partial charge is 0.351 e. The Balaban J connectivity index is 2.31. The van der Waals surface area contributed by atoms with Gasteiger partial charge in [0.05, 0.1) is 11.4 Å². The van der Waals surface area contributed by atoms with E-state index in [2.05, 4.69) is 27.8 Å². The lowest BCUT2D eigenvalue weighted by Crippen LogP contribution is -2.40. The number of amides is 1. The summed E-state index contributed by atoms with van der Waals surface area (Å²) in [5.41, 5.74) is 0.728. The van der Waals surface area contributed by atoms with Crippen molar-refractivity contribution in [3.8, 4) is 0 Å². The minimum atomic E-state index is -3.85. The number of benzene rings is 2. The van der Waals surface area contributed by atoms with Crippen molar-refractivity contribution >= 4 is 43.5 Å². The van der Waals surface area contributed by atoms with Crippen molar-refractivity contribution in [1.29, 1.82) is 0 Å². The molecule has 0 aromatic heterocycles. The Morgan fingerprint density at radius 2 is 1.77 bits per heavy atom. The van der Waals surface area contributed by atoms with Gasteiger partial charge in [0.25, 0.3) is 0 Å². The summed E-state index contributed by atoms with van der Waals surface area (Å²) in [7, 11) is -3.85. The smallest absolute Gasteiger partial charge is 0.243 e. The quantitative estimate of drug-likeness (QED) is 0.616. The fourth-order valence-corrected chi connectivity index (χ4v) is 3.95. The second-order valence-electron chi connectivity index (χ2n) is 5.45. The third-order valence-corrected chi connectivity index (χ3v) is 6.07. The lowest BCUT2D eigenvalue weighted by Gasteiger charge is -2.22. The molecule has 0 heterocycles. The number of rotatable bonds is 8. The van der Waals surface area contributed by atoms with Gasteiger partial charge in [-0.05, 0) is 42.0 Å². The molecule has 0 spiro atoms. The highest BCUT2D eigenvalue weighted by Crippen LogP contribution is 2.21. The molecule has 0 aliphatic heterocycles. The molecule has 2 aromatic carbocycles. The van der Waals surface area contributed by atoms with Gasteiger partial charge in [-0.1, -0.05) is 45.7 Å². The van der Waals surface area contributed by atoms with Crippen LogP contribution in [0.15, 0.2) is 70.6 Å². The highest BCUT2D eigenvalue weighted by Gasteiger charge is 2.26. The predicted octanol–water partition coefficient (Wildman–Crippen LogP) is 3.60. The van der Waals surface area contributed by atoms with Crippen LogP contribution in [0, 0.1) is 0 Å². The second kappa shape index (κ2) is 9.32. The van der Waals surface area contributed by atoms with E-state index >= 15 is 0 Å². The van der Waals surface area contributed by atoms with Crippen molar-refractivity contribution in [2.45, 2.75) is 11.4 Å². The average molecular weight is 458 g/mol. The summed E-state index contributed by atoms with van der Waals surface area (Å²) < 4.78 is 27.9. The minimum Gasteiger partial charge on any atom is -0.351 e. The van der Waals surface area contributed by atoms with Gasteiger partial charge in [-0.25, -0.2) is 8.42 Å². The van der Waals surface area contributed by atoms with E-state index in [1.54, 1.807) is 36.4 Å². The maximum atomic E-state index is 13.0. The molecule has 8 heteroatoms. The van der Waals surface area contributed by atoms with E-state index in [9.17, 15) is 13.2 Å². The summed E-state index contributed by atoms with van der Waals surface area (Å²) in [4.78, 5) is 12.2. The van der Waals surface area contributed by atoms with Crippen LogP contribution in [0.1, 0.15) is 5.56 Å². The van der Waals surface area contributed by atoms with Gasteiger partial charge in [0.1, 0.15) is 0 Å². The van der Waals surface area contributed by atoms with Crippen LogP contribution in [0.3, 0.4) is 0 Å². The SMILES string of the molecule is C=CCNC(=O)CN(Cc1ccc(Cl)cc1)S(=O)(=O)c1ccc(Br)cc1.